The molecule has 5 heteroatoms. The average Bonchev–Trinajstić information content (AvgIpc) is 2.74. The maximum absolute atomic E-state index is 13.8. The zero-order valence-electron chi connectivity index (χ0n) is 11.1. The monoisotopic (exact) mass is 272 g/mol. The summed E-state index contributed by atoms with van der Waals surface area (Å²) in [5.74, 6) is -3.58. The molecule has 1 aromatic carbocycles. The molecule has 1 heterocycles. The van der Waals surface area contributed by atoms with Gasteiger partial charge in [-0.15, -0.1) is 0 Å². The molecule has 0 aromatic heterocycles. The summed E-state index contributed by atoms with van der Waals surface area (Å²) in [6.45, 7) is 3.46. The molecule has 2 N–H and O–H groups in total. The molecule has 0 aliphatic carbocycles. The molecule has 0 radical (unpaired) electrons. The van der Waals surface area contributed by atoms with E-state index in [2.05, 4.69) is 6.92 Å². The number of unbranched alkanes of at least 4 members (excludes halogenated alkanes) is 2. The van der Waals surface area contributed by atoms with Crippen LogP contribution >= 0.6 is 0 Å². The van der Waals surface area contributed by atoms with Crippen molar-refractivity contribution in [2.45, 2.75) is 38.8 Å². The van der Waals surface area contributed by atoms with Crippen LogP contribution in [0.2, 0.25) is 0 Å². The Balaban J connectivity index is 2.25. The van der Waals surface area contributed by atoms with E-state index in [9.17, 15) is 13.2 Å². The van der Waals surface area contributed by atoms with Crippen molar-refractivity contribution in [1.29, 1.82) is 0 Å². The first-order valence-electron chi connectivity index (χ1n) is 6.70. The summed E-state index contributed by atoms with van der Waals surface area (Å²) in [5, 5.41) is 0. The molecule has 0 spiro atoms. The van der Waals surface area contributed by atoms with E-state index in [1.807, 2.05) is 4.90 Å². The Hall–Kier alpha value is -1.07. The Morgan fingerprint density at radius 2 is 2.00 bits per heavy atom. The van der Waals surface area contributed by atoms with Crippen LogP contribution in [-0.4, -0.2) is 18.0 Å². The summed E-state index contributed by atoms with van der Waals surface area (Å²) >= 11 is 0. The Morgan fingerprint density at radius 3 is 2.63 bits per heavy atom. The zero-order chi connectivity index (χ0) is 14.0. The summed E-state index contributed by atoms with van der Waals surface area (Å²) in [4.78, 5) is 2.00. The third kappa shape index (κ3) is 2.62. The Labute approximate surface area is 111 Å². The first kappa shape index (κ1) is 14.3. The quantitative estimate of drug-likeness (QED) is 0.659. The standard InChI is InChI=1S/C14H19F3N2/c1-2-3-4-5-19-8-10-9(12(19)7-18)6-11(15)14(17)13(10)16/h6,12H,2-5,7-8,18H2,1H3. The molecule has 19 heavy (non-hydrogen) atoms. The van der Waals surface area contributed by atoms with Crippen molar-refractivity contribution in [3.63, 3.8) is 0 Å². The Kier molecular flexibility index (Phi) is 4.47. The lowest BCUT2D eigenvalue weighted by Gasteiger charge is -2.23. The fraction of sp³-hybridized carbons (Fsp3) is 0.571. The van der Waals surface area contributed by atoms with Gasteiger partial charge in [0.2, 0.25) is 0 Å². The van der Waals surface area contributed by atoms with Crippen LogP contribution in [0, 0.1) is 17.5 Å². The summed E-state index contributed by atoms with van der Waals surface area (Å²) in [7, 11) is 0. The van der Waals surface area contributed by atoms with Crippen molar-refractivity contribution < 1.29 is 13.2 Å². The summed E-state index contributed by atoms with van der Waals surface area (Å²) in [5.41, 5.74) is 6.45. The molecule has 1 atom stereocenters. The van der Waals surface area contributed by atoms with E-state index in [0.29, 0.717) is 12.1 Å². The van der Waals surface area contributed by atoms with Crippen molar-refractivity contribution in [2.75, 3.05) is 13.1 Å². The number of nitrogens with zero attached hydrogens (tertiary/aromatic N) is 1. The highest BCUT2D eigenvalue weighted by Gasteiger charge is 2.33. The molecule has 106 valence electrons. The number of nitrogens with two attached hydrogens (primary N) is 1. The van der Waals surface area contributed by atoms with Gasteiger partial charge in [-0.25, -0.2) is 13.2 Å². The fourth-order valence-electron chi connectivity index (χ4n) is 2.69. The molecule has 0 saturated carbocycles. The number of rotatable bonds is 5. The maximum atomic E-state index is 13.8. The van der Waals surface area contributed by atoms with Crippen LogP contribution in [0.15, 0.2) is 6.07 Å². The van der Waals surface area contributed by atoms with Gasteiger partial charge in [0.15, 0.2) is 17.5 Å². The number of hydrogen-bond acceptors (Lipinski definition) is 2. The summed E-state index contributed by atoms with van der Waals surface area (Å²) < 4.78 is 40.3. The van der Waals surface area contributed by atoms with Crippen LogP contribution in [-0.2, 0) is 6.54 Å². The molecule has 0 bridgehead atoms. The Morgan fingerprint density at radius 1 is 1.26 bits per heavy atom. The van der Waals surface area contributed by atoms with E-state index in [1.54, 1.807) is 0 Å². The largest absolute Gasteiger partial charge is 0.329 e. The molecule has 1 unspecified atom stereocenters. The van der Waals surface area contributed by atoms with Crippen LogP contribution in [0.5, 0.6) is 0 Å². The number of benzene rings is 1. The SMILES string of the molecule is CCCCCN1Cc2c(cc(F)c(F)c2F)C1CN. The zero-order valence-corrected chi connectivity index (χ0v) is 11.1. The van der Waals surface area contributed by atoms with Gasteiger partial charge in [-0.05, 0) is 24.6 Å². The predicted molar refractivity (Wildman–Crippen MR) is 68.0 cm³/mol. The Bertz CT molecular complexity index is 462. The van der Waals surface area contributed by atoms with Crippen LogP contribution in [0.25, 0.3) is 0 Å². The second-order valence-electron chi connectivity index (χ2n) is 4.98. The highest BCUT2D eigenvalue weighted by atomic mass is 19.2. The maximum Gasteiger partial charge on any atom is 0.194 e. The molecule has 1 aliphatic heterocycles. The van der Waals surface area contributed by atoms with Gasteiger partial charge in [0, 0.05) is 24.7 Å². The first-order valence-corrected chi connectivity index (χ1v) is 6.70. The summed E-state index contributed by atoms with van der Waals surface area (Å²) in [6.07, 6.45) is 3.15. The smallest absolute Gasteiger partial charge is 0.194 e. The predicted octanol–water partition coefficient (Wildman–Crippen LogP) is 3.11. The van der Waals surface area contributed by atoms with Crippen LogP contribution in [0.1, 0.15) is 43.4 Å². The second kappa shape index (κ2) is 5.92. The van der Waals surface area contributed by atoms with E-state index < -0.39 is 17.5 Å². The lowest BCUT2D eigenvalue weighted by molar-refractivity contribution is 0.214. The molecule has 0 amide bonds. The first-order chi connectivity index (χ1) is 9.10. The molecule has 2 rings (SSSR count). The molecular weight excluding hydrogens is 253 g/mol. The van der Waals surface area contributed by atoms with Gasteiger partial charge in [-0.2, -0.15) is 0 Å². The average molecular weight is 272 g/mol. The lowest BCUT2D eigenvalue weighted by atomic mass is 10.0. The number of fused-ring (bicyclic) bond motifs is 1. The van der Waals surface area contributed by atoms with Crippen LogP contribution in [0.4, 0.5) is 13.2 Å². The van der Waals surface area contributed by atoms with Gasteiger partial charge in [0.1, 0.15) is 0 Å². The minimum Gasteiger partial charge on any atom is -0.329 e. The van der Waals surface area contributed by atoms with Gasteiger partial charge in [0.05, 0.1) is 0 Å². The van der Waals surface area contributed by atoms with Crippen molar-refractivity contribution in [2.24, 2.45) is 5.73 Å². The third-order valence-corrected chi connectivity index (χ3v) is 3.73. The van der Waals surface area contributed by atoms with E-state index in [0.717, 1.165) is 31.9 Å². The number of hydrogen-bond donors (Lipinski definition) is 1. The van der Waals surface area contributed by atoms with E-state index in [1.165, 1.54) is 0 Å². The van der Waals surface area contributed by atoms with Gasteiger partial charge >= 0.3 is 0 Å². The highest BCUT2D eigenvalue weighted by molar-refractivity contribution is 5.37. The van der Waals surface area contributed by atoms with Gasteiger partial charge in [-0.1, -0.05) is 19.8 Å². The van der Waals surface area contributed by atoms with Gasteiger partial charge < -0.3 is 5.73 Å². The van der Waals surface area contributed by atoms with Crippen molar-refractivity contribution in [3.05, 3.63) is 34.6 Å². The highest BCUT2D eigenvalue weighted by Crippen LogP contribution is 2.36. The topological polar surface area (TPSA) is 29.3 Å². The fourth-order valence-corrected chi connectivity index (χ4v) is 2.69. The van der Waals surface area contributed by atoms with Crippen molar-refractivity contribution in [1.82, 2.24) is 4.90 Å². The van der Waals surface area contributed by atoms with E-state index >= 15 is 0 Å². The minimum atomic E-state index is -1.38. The second-order valence-corrected chi connectivity index (χ2v) is 4.98. The van der Waals surface area contributed by atoms with E-state index in [4.69, 9.17) is 5.73 Å². The molecule has 0 saturated heterocycles. The van der Waals surface area contributed by atoms with Gasteiger partial charge in [-0.3, -0.25) is 4.90 Å². The van der Waals surface area contributed by atoms with E-state index in [-0.39, 0.29) is 18.2 Å². The van der Waals surface area contributed by atoms with Gasteiger partial charge in [0.25, 0.3) is 0 Å². The molecule has 2 nitrogen and oxygen atoms in total. The van der Waals surface area contributed by atoms with Crippen LogP contribution in [0.3, 0.4) is 0 Å². The van der Waals surface area contributed by atoms with Crippen molar-refractivity contribution in [3.8, 4) is 0 Å². The minimum absolute atomic E-state index is 0.212. The van der Waals surface area contributed by atoms with Crippen molar-refractivity contribution >= 4 is 0 Å². The van der Waals surface area contributed by atoms with Crippen LogP contribution < -0.4 is 5.73 Å². The summed E-state index contributed by atoms with van der Waals surface area (Å²) in [6, 6.07) is 0.877. The molecule has 0 fully saturated rings. The molecule has 1 aliphatic rings. The lowest BCUT2D eigenvalue weighted by Crippen LogP contribution is -2.28. The number of halogens is 3. The molecular formula is C14H19F3N2. The third-order valence-electron chi connectivity index (χ3n) is 3.73. The molecule has 1 aromatic rings. The normalized spacial score (nSPS) is 18.9.